The van der Waals surface area contributed by atoms with Gasteiger partial charge in [-0.1, -0.05) is 12.8 Å². The predicted octanol–water partition coefficient (Wildman–Crippen LogP) is -0.108. The molecular formula is C7H16O3. The second-order valence-electron chi connectivity index (χ2n) is 2.39. The molecule has 1 rings (SSSR count). The molecule has 0 heterocycles. The van der Waals surface area contributed by atoms with Gasteiger partial charge >= 0.3 is 0 Å². The average Bonchev–Trinajstić information content (AvgIpc) is 2.40. The van der Waals surface area contributed by atoms with E-state index in [1.54, 1.807) is 0 Å². The Morgan fingerprint density at radius 2 is 1.40 bits per heavy atom. The maximum absolute atomic E-state index is 8.73. The molecule has 0 aromatic heterocycles. The summed E-state index contributed by atoms with van der Waals surface area (Å²) in [7, 11) is 0. The fourth-order valence-electron chi connectivity index (χ4n) is 0.904. The lowest BCUT2D eigenvalue weighted by atomic mass is 10.3. The highest BCUT2D eigenvalue weighted by atomic mass is 16.3. The van der Waals surface area contributed by atoms with Crippen LogP contribution in [0.5, 0.6) is 0 Å². The van der Waals surface area contributed by atoms with E-state index in [4.69, 9.17) is 15.3 Å². The summed E-state index contributed by atoms with van der Waals surface area (Å²) in [5, 5.41) is 24.0. The summed E-state index contributed by atoms with van der Waals surface area (Å²) in [5.41, 5.74) is 0. The van der Waals surface area contributed by atoms with Crippen LogP contribution in [0, 0.1) is 0 Å². The van der Waals surface area contributed by atoms with Crippen molar-refractivity contribution in [1.82, 2.24) is 0 Å². The van der Waals surface area contributed by atoms with Crippen LogP contribution in [0.25, 0.3) is 0 Å². The van der Waals surface area contributed by atoms with Crippen molar-refractivity contribution in [1.29, 1.82) is 0 Å². The molecule has 1 saturated carbocycles. The monoisotopic (exact) mass is 148 g/mol. The quantitative estimate of drug-likeness (QED) is 0.486. The molecular weight excluding hydrogens is 132 g/mol. The molecule has 0 aromatic rings. The zero-order chi connectivity index (χ0) is 7.82. The highest BCUT2D eigenvalue weighted by Crippen LogP contribution is 2.16. The number of rotatable bonds is 1. The van der Waals surface area contributed by atoms with Crippen LogP contribution < -0.4 is 0 Å². The topological polar surface area (TPSA) is 60.7 Å². The smallest absolute Gasteiger partial charge is 0.0662 e. The van der Waals surface area contributed by atoms with E-state index in [9.17, 15) is 0 Å². The second kappa shape index (κ2) is 6.99. The van der Waals surface area contributed by atoms with Gasteiger partial charge < -0.3 is 15.3 Å². The Morgan fingerprint density at radius 3 is 1.50 bits per heavy atom. The maximum atomic E-state index is 8.73. The van der Waals surface area contributed by atoms with Gasteiger partial charge in [-0.2, -0.15) is 0 Å². The maximum Gasteiger partial charge on any atom is 0.0662 e. The largest absolute Gasteiger partial charge is 0.394 e. The molecule has 3 N–H and O–H groups in total. The Kier molecular flexibility index (Phi) is 6.91. The third kappa shape index (κ3) is 6.01. The Balaban J connectivity index is 0.000000180. The van der Waals surface area contributed by atoms with Crippen LogP contribution in [0.4, 0.5) is 0 Å². The van der Waals surface area contributed by atoms with E-state index in [0.717, 1.165) is 12.8 Å². The molecule has 1 fully saturated rings. The van der Waals surface area contributed by atoms with Gasteiger partial charge in [-0.15, -0.1) is 0 Å². The Hall–Kier alpha value is -0.120. The molecule has 0 bridgehead atoms. The Morgan fingerprint density at radius 1 is 1.00 bits per heavy atom. The van der Waals surface area contributed by atoms with Crippen LogP contribution in [0.2, 0.25) is 0 Å². The SMILES string of the molecule is OC1CCCC1.OCCO. The lowest BCUT2D eigenvalue weighted by molar-refractivity contribution is 0.183. The number of aliphatic hydroxyl groups is 3. The summed E-state index contributed by atoms with van der Waals surface area (Å²) in [6.45, 7) is -0.250. The van der Waals surface area contributed by atoms with Crippen molar-refractivity contribution in [2.24, 2.45) is 0 Å². The van der Waals surface area contributed by atoms with Crippen LogP contribution in [-0.4, -0.2) is 34.6 Å². The zero-order valence-electron chi connectivity index (χ0n) is 6.16. The van der Waals surface area contributed by atoms with Gasteiger partial charge in [0.15, 0.2) is 0 Å². The van der Waals surface area contributed by atoms with Crippen molar-refractivity contribution >= 4 is 0 Å². The lowest BCUT2D eigenvalue weighted by Gasteiger charge is -1.91. The van der Waals surface area contributed by atoms with Gasteiger partial charge in [0.25, 0.3) is 0 Å². The summed E-state index contributed by atoms with van der Waals surface area (Å²) in [4.78, 5) is 0. The average molecular weight is 148 g/mol. The van der Waals surface area contributed by atoms with Gasteiger partial charge in [0, 0.05) is 0 Å². The van der Waals surface area contributed by atoms with Gasteiger partial charge in [-0.05, 0) is 12.8 Å². The summed E-state index contributed by atoms with van der Waals surface area (Å²) in [5.74, 6) is 0. The van der Waals surface area contributed by atoms with Crippen molar-refractivity contribution in [2.75, 3.05) is 13.2 Å². The lowest BCUT2D eigenvalue weighted by Crippen LogP contribution is -1.94. The second-order valence-corrected chi connectivity index (χ2v) is 2.39. The molecule has 3 heteroatoms. The fourth-order valence-corrected chi connectivity index (χ4v) is 0.904. The molecule has 0 radical (unpaired) electrons. The molecule has 0 aromatic carbocycles. The van der Waals surface area contributed by atoms with Gasteiger partial charge in [0.05, 0.1) is 19.3 Å². The first-order valence-electron chi connectivity index (χ1n) is 3.71. The van der Waals surface area contributed by atoms with E-state index in [1.807, 2.05) is 0 Å². The molecule has 0 unspecified atom stereocenters. The summed E-state index contributed by atoms with van der Waals surface area (Å²) in [6.07, 6.45) is 4.60. The minimum atomic E-state index is -0.125. The van der Waals surface area contributed by atoms with Crippen LogP contribution in [0.15, 0.2) is 0 Å². The molecule has 0 spiro atoms. The van der Waals surface area contributed by atoms with E-state index in [-0.39, 0.29) is 19.3 Å². The molecule has 3 nitrogen and oxygen atoms in total. The van der Waals surface area contributed by atoms with Gasteiger partial charge in [-0.3, -0.25) is 0 Å². The molecule has 10 heavy (non-hydrogen) atoms. The molecule has 1 aliphatic rings. The number of hydrogen-bond acceptors (Lipinski definition) is 3. The predicted molar refractivity (Wildman–Crippen MR) is 38.6 cm³/mol. The molecule has 0 aliphatic heterocycles. The highest BCUT2D eigenvalue weighted by molar-refractivity contribution is 4.63. The molecule has 1 aliphatic carbocycles. The first-order chi connectivity index (χ1) is 4.81. The van der Waals surface area contributed by atoms with E-state index in [0.29, 0.717) is 0 Å². The summed E-state index contributed by atoms with van der Waals surface area (Å²) in [6, 6.07) is 0. The Bertz CT molecular complexity index is 57.9. The minimum absolute atomic E-state index is 0.0463. The molecule has 62 valence electrons. The number of hydrogen-bond donors (Lipinski definition) is 3. The normalized spacial score (nSPS) is 18.3. The third-order valence-corrected chi connectivity index (χ3v) is 1.42. The van der Waals surface area contributed by atoms with Crippen LogP contribution in [0.1, 0.15) is 25.7 Å². The standard InChI is InChI=1S/C5H10O.C2H6O2/c6-5-3-1-2-4-5;3-1-2-4/h5-6H,1-4H2;3-4H,1-2H2. The Labute approximate surface area is 61.3 Å². The first kappa shape index (κ1) is 9.88. The van der Waals surface area contributed by atoms with Crippen LogP contribution in [0.3, 0.4) is 0 Å². The summed E-state index contributed by atoms with van der Waals surface area (Å²) < 4.78 is 0. The van der Waals surface area contributed by atoms with Crippen molar-refractivity contribution in [3.63, 3.8) is 0 Å². The van der Waals surface area contributed by atoms with Crippen molar-refractivity contribution < 1.29 is 15.3 Å². The minimum Gasteiger partial charge on any atom is -0.394 e. The number of aliphatic hydroxyl groups excluding tert-OH is 3. The van der Waals surface area contributed by atoms with Crippen LogP contribution in [-0.2, 0) is 0 Å². The van der Waals surface area contributed by atoms with Crippen molar-refractivity contribution in [2.45, 2.75) is 31.8 Å². The fraction of sp³-hybridized carbons (Fsp3) is 1.00. The molecule has 0 atom stereocenters. The highest BCUT2D eigenvalue weighted by Gasteiger charge is 2.09. The van der Waals surface area contributed by atoms with E-state index in [1.165, 1.54) is 12.8 Å². The zero-order valence-corrected chi connectivity index (χ0v) is 6.16. The molecule has 0 saturated heterocycles. The van der Waals surface area contributed by atoms with Gasteiger partial charge in [0.1, 0.15) is 0 Å². The van der Waals surface area contributed by atoms with Crippen LogP contribution >= 0.6 is 0 Å². The van der Waals surface area contributed by atoms with Gasteiger partial charge in [0.2, 0.25) is 0 Å². The first-order valence-corrected chi connectivity index (χ1v) is 3.71. The van der Waals surface area contributed by atoms with Crippen molar-refractivity contribution in [3.05, 3.63) is 0 Å². The summed E-state index contributed by atoms with van der Waals surface area (Å²) >= 11 is 0. The molecule has 0 amide bonds. The van der Waals surface area contributed by atoms with E-state index in [2.05, 4.69) is 0 Å². The van der Waals surface area contributed by atoms with Gasteiger partial charge in [-0.25, -0.2) is 0 Å². The van der Waals surface area contributed by atoms with E-state index >= 15 is 0 Å². The van der Waals surface area contributed by atoms with E-state index < -0.39 is 0 Å². The third-order valence-electron chi connectivity index (χ3n) is 1.42. The van der Waals surface area contributed by atoms with Crippen molar-refractivity contribution in [3.8, 4) is 0 Å².